The first-order valence-corrected chi connectivity index (χ1v) is 5.04. The fourth-order valence-corrected chi connectivity index (χ4v) is 1.59. The third-order valence-electron chi connectivity index (χ3n) is 3.17. The van der Waals surface area contributed by atoms with E-state index in [4.69, 9.17) is 0 Å². The molecule has 143 valence electrons. The summed E-state index contributed by atoms with van der Waals surface area (Å²) in [5, 5.41) is 10.4. The average molecular weight is 397 g/mol. The zero-order chi connectivity index (χ0) is 20.0. The maximum atomic E-state index is 12.9. The summed E-state index contributed by atoms with van der Waals surface area (Å²) in [7, 11) is 0. The molecule has 0 aliphatic heterocycles. The van der Waals surface area contributed by atoms with Crippen LogP contribution in [0.1, 0.15) is 0 Å². The fourth-order valence-electron chi connectivity index (χ4n) is 1.59. The van der Waals surface area contributed by atoms with Gasteiger partial charge in [-0.15, -0.1) is 0 Å². The molecule has 1 saturated carbocycles. The van der Waals surface area contributed by atoms with Crippen LogP contribution in [0.4, 0.5) is 65.9 Å². The molecular formula is C8F15O. The molecule has 24 heavy (non-hydrogen) atoms. The van der Waals surface area contributed by atoms with Crippen molar-refractivity contribution in [2.24, 2.45) is 0 Å². The van der Waals surface area contributed by atoms with Crippen LogP contribution in [0.3, 0.4) is 0 Å². The number of hydrogen-bond acceptors (Lipinski definition) is 0. The minimum atomic E-state index is -8.24. The van der Waals surface area contributed by atoms with Gasteiger partial charge >= 0.3 is 47.3 Å². The highest BCUT2D eigenvalue weighted by Crippen LogP contribution is 2.69. The van der Waals surface area contributed by atoms with Gasteiger partial charge in [-0.05, 0) is 0 Å². The van der Waals surface area contributed by atoms with Gasteiger partial charge in [0.15, 0.2) is 0 Å². The Morgan fingerprint density at radius 3 is 0.583 bits per heavy atom. The minimum Gasteiger partial charge on any atom is -0.195 e. The Bertz CT molecular complexity index is 356. The average Bonchev–Trinajstić information content (AvgIpc) is 2.35. The molecule has 0 atom stereocenters. The molecule has 1 aliphatic carbocycles. The van der Waals surface area contributed by atoms with Crippen LogP contribution in [-0.4, -0.2) is 47.3 Å². The SMILES string of the molecule is [O]C1(F)C(F)(F)C(F)(F)C(F)(F)C(F)(F)C(F)(F)C(F)(F)C1(F)F. The van der Waals surface area contributed by atoms with Gasteiger partial charge in [-0.25, -0.2) is 0 Å². The lowest BCUT2D eigenvalue weighted by molar-refractivity contribution is -0.523. The second-order valence-corrected chi connectivity index (χ2v) is 4.62. The molecule has 0 aromatic heterocycles. The zero-order valence-electron chi connectivity index (χ0n) is 10.1. The molecule has 0 saturated heterocycles. The van der Waals surface area contributed by atoms with Gasteiger partial charge in [0.2, 0.25) is 0 Å². The molecule has 1 nitrogen and oxygen atoms in total. The van der Waals surface area contributed by atoms with Crippen LogP contribution < -0.4 is 0 Å². The topological polar surface area (TPSA) is 19.9 Å². The molecule has 1 rings (SSSR count). The van der Waals surface area contributed by atoms with Crippen molar-refractivity contribution in [1.29, 1.82) is 0 Å². The normalized spacial score (nSPS) is 34.0. The lowest BCUT2D eigenvalue weighted by Crippen LogP contribution is -2.83. The molecule has 0 N–H and O–H groups in total. The van der Waals surface area contributed by atoms with E-state index < -0.39 is 47.3 Å². The maximum Gasteiger partial charge on any atom is 0.385 e. The van der Waals surface area contributed by atoms with Crippen LogP contribution in [-0.2, 0) is 5.11 Å². The minimum absolute atomic E-state index is 8.02. The summed E-state index contributed by atoms with van der Waals surface area (Å²) in [6, 6.07) is 0. The fraction of sp³-hybridized carbons (Fsp3) is 1.00. The largest absolute Gasteiger partial charge is 0.385 e. The summed E-state index contributed by atoms with van der Waals surface area (Å²) in [6.07, 6.45) is 0. The van der Waals surface area contributed by atoms with Crippen molar-refractivity contribution in [3.05, 3.63) is 0 Å². The number of halogens is 15. The Morgan fingerprint density at radius 2 is 0.417 bits per heavy atom. The van der Waals surface area contributed by atoms with E-state index in [1.807, 2.05) is 0 Å². The highest BCUT2D eigenvalue weighted by molar-refractivity contribution is 5.23. The Balaban J connectivity index is 4.09. The molecule has 1 radical (unpaired) electrons. The van der Waals surface area contributed by atoms with Gasteiger partial charge in [0, 0.05) is 0 Å². The number of rotatable bonds is 0. The summed E-state index contributed by atoms with van der Waals surface area (Å²) < 4.78 is 192. The first kappa shape index (κ1) is 21.0. The lowest BCUT2D eigenvalue weighted by atomic mass is 9.79. The van der Waals surface area contributed by atoms with Crippen LogP contribution in [0.25, 0.3) is 0 Å². The van der Waals surface area contributed by atoms with E-state index in [9.17, 15) is 71.0 Å². The summed E-state index contributed by atoms with van der Waals surface area (Å²) >= 11 is 0. The zero-order valence-corrected chi connectivity index (χ0v) is 10.1. The molecule has 16 heteroatoms. The van der Waals surface area contributed by atoms with Crippen LogP contribution >= 0.6 is 0 Å². The van der Waals surface area contributed by atoms with Crippen molar-refractivity contribution in [1.82, 2.24) is 0 Å². The van der Waals surface area contributed by atoms with Crippen molar-refractivity contribution in [3.8, 4) is 0 Å². The summed E-state index contributed by atoms with van der Waals surface area (Å²) in [5.41, 5.74) is 0. The van der Waals surface area contributed by atoms with Gasteiger partial charge < -0.3 is 0 Å². The van der Waals surface area contributed by atoms with Gasteiger partial charge in [-0.2, -0.15) is 71.0 Å². The molecule has 0 bridgehead atoms. The molecule has 0 unspecified atom stereocenters. The van der Waals surface area contributed by atoms with E-state index in [0.29, 0.717) is 0 Å². The molecular weight excluding hydrogens is 397 g/mol. The van der Waals surface area contributed by atoms with Gasteiger partial charge in [-0.3, -0.25) is 0 Å². The first-order chi connectivity index (χ1) is 10.0. The monoisotopic (exact) mass is 397 g/mol. The van der Waals surface area contributed by atoms with Gasteiger partial charge in [0.25, 0.3) is 0 Å². The smallest absolute Gasteiger partial charge is 0.195 e. The van der Waals surface area contributed by atoms with Crippen LogP contribution in [0.5, 0.6) is 0 Å². The molecule has 0 heterocycles. The van der Waals surface area contributed by atoms with E-state index in [1.165, 1.54) is 0 Å². The van der Waals surface area contributed by atoms with Gasteiger partial charge in [0.1, 0.15) is 0 Å². The van der Waals surface area contributed by atoms with E-state index in [2.05, 4.69) is 0 Å². The first-order valence-electron chi connectivity index (χ1n) is 5.04. The van der Waals surface area contributed by atoms with Gasteiger partial charge in [-0.1, -0.05) is 0 Å². The summed E-state index contributed by atoms with van der Waals surface area (Å²) in [4.78, 5) is 0. The highest BCUT2D eigenvalue weighted by atomic mass is 19.4. The molecule has 1 fully saturated rings. The predicted molar refractivity (Wildman–Crippen MR) is 39.2 cm³/mol. The van der Waals surface area contributed by atoms with Crippen molar-refractivity contribution in [2.45, 2.75) is 47.3 Å². The lowest BCUT2D eigenvalue weighted by Gasteiger charge is -2.49. The summed E-state index contributed by atoms with van der Waals surface area (Å²) in [6.45, 7) is 0. The Hall–Kier alpha value is -1.09. The molecule has 1 aliphatic rings. The van der Waals surface area contributed by atoms with Gasteiger partial charge in [0.05, 0.1) is 0 Å². The number of hydrogen-bond donors (Lipinski definition) is 0. The Morgan fingerprint density at radius 1 is 0.292 bits per heavy atom. The second-order valence-electron chi connectivity index (χ2n) is 4.62. The molecule has 0 aromatic carbocycles. The van der Waals surface area contributed by atoms with Crippen molar-refractivity contribution < 1.29 is 71.0 Å². The third kappa shape index (κ3) is 1.65. The van der Waals surface area contributed by atoms with Crippen LogP contribution in [0.2, 0.25) is 0 Å². The standard InChI is InChI=1S/C8F15O/c9-1(10)2(11,12)4(15,16)6(19,20)8(23,24)7(21,22)5(17,18)3(1,13)14. The third-order valence-corrected chi connectivity index (χ3v) is 3.17. The predicted octanol–water partition coefficient (Wildman–Crippen LogP) is 4.54. The molecule has 0 spiro atoms. The summed E-state index contributed by atoms with van der Waals surface area (Å²) in [5.74, 6) is -65.4. The van der Waals surface area contributed by atoms with E-state index >= 15 is 0 Å². The van der Waals surface area contributed by atoms with Crippen molar-refractivity contribution in [2.75, 3.05) is 0 Å². The molecule has 0 aromatic rings. The van der Waals surface area contributed by atoms with Crippen LogP contribution in [0.15, 0.2) is 0 Å². The number of alkyl halides is 15. The van der Waals surface area contributed by atoms with Crippen LogP contribution in [0, 0.1) is 0 Å². The van der Waals surface area contributed by atoms with Crippen molar-refractivity contribution >= 4 is 0 Å². The van der Waals surface area contributed by atoms with E-state index in [0.717, 1.165) is 0 Å². The van der Waals surface area contributed by atoms with E-state index in [1.54, 1.807) is 0 Å². The Labute approximate surface area is 120 Å². The maximum absolute atomic E-state index is 12.9. The Kier molecular flexibility index (Phi) is 3.80. The second kappa shape index (κ2) is 4.35. The molecule has 0 amide bonds. The quantitative estimate of drug-likeness (QED) is 0.535. The highest BCUT2D eigenvalue weighted by Gasteiger charge is 3.02. The van der Waals surface area contributed by atoms with E-state index in [-0.39, 0.29) is 0 Å². The van der Waals surface area contributed by atoms with Crippen molar-refractivity contribution in [3.63, 3.8) is 0 Å².